The summed E-state index contributed by atoms with van der Waals surface area (Å²) in [5, 5.41) is 9.97. The molecule has 1 aliphatic rings. The lowest BCUT2D eigenvalue weighted by molar-refractivity contribution is 0.890. The molecule has 2 aromatic heterocycles. The number of hydrogen-bond donors (Lipinski definition) is 1. The molecule has 0 saturated carbocycles. The van der Waals surface area contributed by atoms with Crippen LogP contribution < -0.4 is 16.1 Å². The molecule has 1 aliphatic heterocycles. The number of H-pyrrole nitrogens is 1. The zero-order chi connectivity index (χ0) is 16.7. The summed E-state index contributed by atoms with van der Waals surface area (Å²) in [4.78, 5) is 32.6. The molecule has 0 radical (unpaired) electrons. The third-order valence-electron chi connectivity index (χ3n) is 4.08. The van der Waals surface area contributed by atoms with Gasteiger partial charge in [0.05, 0.1) is 15.9 Å². The number of benzene rings is 1. The first kappa shape index (κ1) is 14.7. The zero-order valence-electron chi connectivity index (χ0n) is 12.7. The Morgan fingerprint density at radius 2 is 2.04 bits per heavy atom. The molecule has 3 aromatic rings. The highest BCUT2D eigenvalue weighted by atomic mass is 32.1. The third-order valence-corrected chi connectivity index (χ3v) is 5.16. The molecule has 0 amide bonds. The van der Waals surface area contributed by atoms with E-state index in [0.717, 1.165) is 28.4 Å². The SMILES string of the molecule is N#Cc1cn(-c2ccc3nc(N4CCCC4)sc3c2)c(=O)[nH]c1=O. The van der Waals surface area contributed by atoms with Gasteiger partial charge in [-0.25, -0.2) is 9.78 Å². The van der Waals surface area contributed by atoms with Crippen molar-refractivity contribution >= 4 is 26.7 Å². The quantitative estimate of drug-likeness (QED) is 0.765. The smallest absolute Gasteiger partial charge is 0.332 e. The van der Waals surface area contributed by atoms with E-state index >= 15 is 0 Å². The standard InChI is InChI=1S/C16H13N5O2S/c17-8-10-9-21(15(23)19-14(10)22)11-3-4-12-13(7-11)24-16(18-12)20-5-1-2-6-20/h3-4,7,9H,1-2,5-6H2,(H,19,22,23). The number of aromatic amines is 1. The van der Waals surface area contributed by atoms with Crippen LogP contribution in [0.15, 0.2) is 34.0 Å². The second-order valence-corrected chi connectivity index (χ2v) is 6.64. The number of thiazole rings is 1. The molecule has 0 unspecified atom stereocenters. The summed E-state index contributed by atoms with van der Waals surface area (Å²) in [7, 11) is 0. The van der Waals surface area contributed by atoms with E-state index < -0.39 is 11.2 Å². The molecule has 1 aromatic carbocycles. The van der Waals surface area contributed by atoms with E-state index in [1.54, 1.807) is 23.5 Å². The lowest BCUT2D eigenvalue weighted by Gasteiger charge is -2.11. The molecule has 0 aliphatic carbocycles. The average molecular weight is 339 g/mol. The number of aromatic nitrogens is 3. The fourth-order valence-corrected chi connectivity index (χ4v) is 3.89. The monoisotopic (exact) mass is 339 g/mol. The number of rotatable bonds is 2. The first-order chi connectivity index (χ1) is 11.7. The number of nitrogens with one attached hydrogen (secondary N) is 1. The van der Waals surface area contributed by atoms with Crippen LogP contribution in [0.2, 0.25) is 0 Å². The minimum atomic E-state index is -0.672. The van der Waals surface area contributed by atoms with E-state index in [-0.39, 0.29) is 5.56 Å². The zero-order valence-corrected chi connectivity index (χ0v) is 13.5. The molecule has 8 heteroatoms. The number of nitriles is 1. The minimum Gasteiger partial charge on any atom is -0.348 e. The molecule has 3 heterocycles. The highest BCUT2D eigenvalue weighted by Crippen LogP contribution is 2.31. The predicted octanol–water partition coefficient (Wildman–Crippen LogP) is 1.61. The first-order valence-electron chi connectivity index (χ1n) is 7.58. The summed E-state index contributed by atoms with van der Waals surface area (Å²) >= 11 is 1.58. The summed E-state index contributed by atoms with van der Waals surface area (Å²) in [6.07, 6.45) is 3.64. The van der Waals surface area contributed by atoms with Gasteiger partial charge < -0.3 is 4.90 Å². The van der Waals surface area contributed by atoms with Crippen molar-refractivity contribution in [1.82, 2.24) is 14.5 Å². The second kappa shape index (κ2) is 5.62. The second-order valence-electron chi connectivity index (χ2n) is 5.63. The Labute approximate surface area is 140 Å². The molecule has 4 rings (SSSR count). The lowest BCUT2D eigenvalue weighted by Crippen LogP contribution is -2.29. The van der Waals surface area contributed by atoms with Gasteiger partial charge in [0.1, 0.15) is 11.6 Å². The van der Waals surface area contributed by atoms with Crippen molar-refractivity contribution in [3.63, 3.8) is 0 Å². The summed E-state index contributed by atoms with van der Waals surface area (Å²) in [5.41, 5.74) is 0.133. The third kappa shape index (κ3) is 2.39. The Bertz CT molecular complexity index is 1080. The summed E-state index contributed by atoms with van der Waals surface area (Å²) in [6.45, 7) is 2.05. The number of hydrogen-bond acceptors (Lipinski definition) is 6. The van der Waals surface area contributed by atoms with E-state index in [9.17, 15) is 9.59 Å². The summed E-state index contributed by atoms with van der Waals surface area (Å²) in [5.74, 6) is 0. The van der Waals surface area contributed by atoms with Crippen LogP contribution in [0, 0.1) is 11.3 Å². The van der Waals surface area contributed by atoms with E-state index in [0.29, 0.717) is 5.69 Å². The number of fused-ring (bicyclic) bond motifs is 1. The maximum atomic E-state index is 12.0. The molecule has 24 heavy (non-hydrogen) atoms. The fourth-order valence-electron chi connectivity index (χ4n) is 2.84. The fraction of sp³-hybridized carbons (Fsp3) is 0.250. The van der Waals surface area contributed by atoms with Gasteiger partial charge in [0.2, 0.25) is 0 Å². The Kier molecular flexibility index (Phi) is 3.43. The van der Waals surface area contributed by atoms with Crippen molar-refractivity contribution < 1.29 is 0 Å². The molecule has 0 bridgehead atoms. The van der Waals surface area contributed by atoms with Gasteiger partial charge in [-0.05, 0) is 31.0 Å². The Morgan fingerprint density at radius 1 is 1.25 bits per heavy atom. The summed E-state index contributed by atoms with van der Waals surface area (Å²) in [6, 6.07) is 7.26. The van der Waals surface area contributed by atoms with Gasteiger partial charge in [0.15, 0.2) is 5.13 Å². The van der Waals surface area contributed by atoms with Crippen LogP contribution in [0.25, 0.3) is 15.9 Å². The maximum absolute atomic E-state index is 12.0. The van der Waals surface area contributed by atoms with Crippen molar-refractivity contribution in [2.24, 2.45) is 0 Å². The Balaban J connectivity index is 1.82. The van der Waals surface area contributed by atoms with Gasteiger partial charge >= 0.3 is 5.69 Å². The Hall–Kier alpha value is -2.92. The van der Waals surface area contributed by atoms with E-state index in [1.165, 1.54) is 23.6 Å². The van der Waals surface area contributed by atoms with Crippen molar-refractivity contribution in [2.45, 2.75) is 12.8 Å². The molecular formula is C16H13N5O2S. The van der Waals surface area contributed by atoms with Gasteiger partial charge in [-0.1, -0.05) is 11.3 Å². The van der Waals surface area contributed by atoms with Crippen LogP contribution in [0.4, 0.5) is 5.13 Å². The number of nitrogens with zero attached hydrogens (tertiary/aromatic N) is 4. The van der Waals surface area contributed by atoms with Crippen molar-refractivity contribution in [1.29, 1.82) is 5.26 Å². The van der Waals surface area contributed by atoms with Crippen LogP contribution in [-0.4, -0.2) is 27.6 Å². The Morgan fingerprint density at radius 3 is 2.79 bits per heavy atom. The molecule has 0 spiro atoms. The molecule has 0 atom stereocenters. The van der Waals surface area contributed by atoms with Gasteiger partial charge in [-0.3, -0.25) is 14.3 Å². The van der Waals surface area contributed by atoms with Crippen LogP contribution in [0.3, 0.4) is 0 Å². The normalized spacial score (nSPS) is 14.2. The molecule has 1 saturated heterocycles. The lowest BCUT2D eigenvalue weighted by atomic mass is 10.3. The van der Waals surface area contributed by atoms with Crippen molar-refractivity contribution in [3.8, 4) is 11.8 Å². The molecular weight excluding hydrogens is 326 g/mol. The highest BCUT2D eigenvalue weighted by molar-refractivity contribution is 7.22. The van der Waals surface area contributed by atoms with Gasteiger partial charge in [-0.2, -0.15) is 5.26 Å². The minimum absolute atomic E-state index is 0.100. The molecule has 1 fully saturated rings. The van der Waals surface area contributed by atoms with Crippen molar-refractivity contribution in [2.75, 3.05) is 18.0 Å². The topological polar surface area (TPSA) is 94.8 Å². The maximum Gasteiger partial charge on any atom is 0.332 e. The average Bonchev–Trinajstić information content (AvgIpc) is 3.23. The van der Waals surface area contributed by atoms with Gasteiger partial charge in [0, 0.05) is 19.3 Å². The molecule has 1 N–H and O–H groups in total. The van der Waals surface area contributed by atoms with Crippen LogP contribution in [0.1, 0.15) is 18.4 Å². The predicted molar refractivity (Wildman–Crippen MR) is 92.0 cm³/mol. The largest absolute Gasteiger partial charge is 0.348 e. The van der Waals surface area contributed by atoms with E-state index in [2.05, 4.69) is 14.9 Å². The highest BCUT2D eigenvalue weighted by Gasteiger charge is 2.16. The molecule has 7 nitrogen and oxygen atoms in total. The van der Waals surface area contributed by atoms with Crippen LogP contribution in [0.5, 0.6) is 0 Å². The molecule has 120 valence electrons. The van der Waals surface area contributed by atoms with Crippen LogP contribution in [-0.2, 0) is 0 Å². The first-order valence-corrected chi connectivity index (χ1v) is 8.39. The van der Waals surface area contributed by atoms with Gasteiger partial charge in [0.25, 0.3) is 5.56 Å². The van der Waals surface area contributed by atoms with Crippen LogP contribution >= 0.6 is 11.3 Å². The van der Waals surface area contributed by atoms with Crippen molar-refractivity contribution in [3.05, 3.63) is 50.8 Å². The number of anilines is 1. The van der Waals surface area contributed by atoms with E-state index in [4.69, 9.17) is 5.26 Å². The van der Waals surface area contributed by atoms with Gasteiger partial charge in [-0.15, -0.1) is 0 Å². The summed E-state index contributed by atoms with van der Waals surface area (Å²) < 4.78 is 2.24. The van der Waals surface area contributed by atoms with E-state index in [1.807, 2.05) is 12.1 Å².